The Morgan fingerprint density at radius 3 is 2.44 bits per heavy atom. The molecule has 0 bridgehead atoms. The fourth-order valence-electron chi connectivity index (χ4n) is 5.04. The number of nitro groups is 1. The molecule has 2 aromatic heterocycles. The highest BCUT2D eigenvalue weighted by Crippen LogP contribution is 2.53. The Balaban J connectivity index is 1.38. The number of carbonyl (C=O) groups is 3. The Morgan fingerprint density at radius 2 is 1.78 bits per heavy atom. The number of nitrogens with one attached hydrogen (secondary N) is 1. The summed E-state index contributed by atoms with van der Waals surface area (Å²) in [5.74, 6) is -2.99. The van der Waals surface area contributed by atoms with Gasteiger partial charge in [0.15, 0.2) is 0 Å². The molecule has 2 unspecified atom stereocenters. The Labute approximate surface area is 239 Å². The van der Waals surface area contributed by atoms with Gasteiger partial charge in [-0.1, -0.05) is 29.2 Å². The van der Waals surface area contributed by atoms with Gasteiger partial charge in [-0.15, -0.1) is 0 Å². The first-order valence-corrected chi connectivity index (χ1v) is 13.9. The van der Waals surface area contributed by atoms with Gasteiger partial charge < -0.3 is 10.4 Å². The third kappa shape index (κ3) is 4.66. The maximum absolute atomic E-state index is 13.8. The number of benzene rings is 2. The maximum atomic E-state index is 13.8. The number of anilines is 2. The summed E-state index contributed by atoms with van der Waals surface area (Å²) in [5.41, 5.74) is 1.10. The van der Waals surface area contributed by atoms with Crippen LogP contribution in [0.25, 0.3) is 0 Å². The molecule has 3 atom stereocenters. The number of aromatic nitrogens is 2. The predicted octanol–water partition coefficient (Wildman–Crippen LogP) is 3.35. The first-order valence-electron chi connectivity index (χ1n) is 12.2. The van der Waals surface area contributed by atoms with Crippen LogP contribution in [0.15, 0.2) is 82.9 Å². The molecule has 4 aromatic rings. The second kappa shape index (κ2) is 10.3. The van der Waals surface area contributed by atoms with Crippen LogP contribution in [0.3, 0.4) is 0 Å². The van der Waals surface area contributed by atoms with E-state index < -0.39 is 44.6 Å². The smallest absolute Gasteiger partial charge is 0.308 e. The molecule has 2 aliphatic rings. The largest absolute Gasteiger partial charge is 0.508 e. The zero-order valence-electron chi connectivity index (χ0n) is 20.9. The normalized spacial score (nSPS) is 19.5. The van der Waals surface area contributed by atoms with E-state index >= 15 is 0 Å². The molecule has 206 valence electrons. The van der Waals surface area contributed by atoms with Crippen LogP contribution in [0, 0.1) is 16.0 Å². The van der Waals surface area contributed by atoms with Gasteiger partial charge in [0, 0.05) is 41.0 Å². The number of aromatic hydroxyl groups is 1. The maximum Gasteiger partial charge on any atom is 0.308 e. The zero-order valence-corrected chi connectivity index (χ0v) is 22.5. The molecule has 12 nitrogen and oxygen atoms in total. The highest BCUT2D eigenvalue weighted by atomic mass is 32.2. The third-order valence-corrected chi connectivity index (χ3v) is 9.47. The van der Waals surface area contributed by atoms with E-state index in [4.69, 9.17) is 0 Å². The van der Waals surface area contributed by atoms with Crippen LogP contribution < -0.4 is 15.1 Å². The molecule has 6 rings (SSSR count). The highest BCUT2D eigenvalue weighted by molar-refractivity contribution is 8.00. The number of imide groups is 1. The summed E-state index contributed by atoms with van der Waals surface area (Å²) in [6.07, 6.45) is 3.16. The standard InChI is InChI=1S/C27H19N5O7S2/c33-18-9-3-15(4-10-18)29-19(34)13-30-26-23(41-27(30)37)20(14-2-1-11-28-12-14)21-22(40-26)25(36)31(24(21)35)16-5-7-17(8-6-16)32(38)39/h1-12,20-22,33H,13H2,(H,29,34)/t20-,21?,22?/m1/s1. The van der Waals surface area contributed by atoms with Gasteiger partial charge in [0.25, 0.3) is 5.69 Å². The molecule has 41 heavy (non-hydrogen) atoms. The van der Waals surface area contributed by atoms with E-state index in [2.05, 4.69) is 10.3 Å². The predicted molar refractivity (Wildman–Crippen MR) is 150 cm³/mol. The molecule has 2 N–H and O–H groups in total. The van der Waals surface area contributed by atoms with Gasteiger partial charge in [0.2, 0.25) is 17.7 Å². The van der Waals surface area contributed by atoms with Crippen LogP contribution in [-0.2, 0) is 20.9 Å². The lowest BCUT2D eigenvalue weighted by Crippen LogP contribution is -2.33. The van der Waals surface area contributed by atoms with Crippen molar-refractivity contribution in [3.63, 3.8) is 0 Å². The average Bonchev–Trinajstić information content (AvgIpc) is 3.40. The van der Waals surface area contributed by atoms with E-state index in [0.717, 1.165) is 28.0 Å². The van der Waals surface area contributed by atoms with E-state index in [1.165, 1.54) is 53.1 Å². The molecule has 2 aliphatic heterocycles. The first-order chi connectivity index (χ1) is 19.7. The zero-order chi connectivity index (χ0) is 28.8. The lowest BCUT2D eigenvalue weighted by Gasteiger charge is -2.30. The van der Waals surface area contributed by atoms with Crippen molar-refractivity contribution in [1.29, 1.82) is 0 Å². The number of non-ortho nitro benzene ring substituents is 1. The Kier molecular flexibility index (Phi) is 6.63. The number of nitro benzene ring substituents is 1. The summed E-state index contributed by atoms with van der Waals surface area (Å²) in [6.45, 7) is -0.329. The van der Waals surface area contributed by atoms with Crippen molar-refractivity contribution in [1.82, 2.24) is 9.55 Å². The number of hydrogen-bond acceptors (Lipinski definition) is 10. The molecular weight excluding hydrogens is 570 g/mol. The number of nitrogens with zero attached hydrogens (tertiary/aromatic N) is 4. The third-order valence-electron chi connectivity index (χ3n) is 6.86. The van der Waals surface area contributed by atoms with Crippen molar-refractivity contribution in [2.45, 2.75) is 22.7 Å². The van der Waals surface area contributed by atoms with Gasteiger partial charge in [0.1, 0.15) is 17.5 Å². The quantitative estimate of drug-likeness (QED) is 0.148. The molecule has 1 fully saturated rings. The number of carbonyl (C=O) groups excluding carboxylic acids is 3. The summed E-state index contributed by atoms with van der Waals surface area (Å²) in [7, 11) is 0. The van der Waals surface area contributed by atoms with Crippen LogP contribution in [0.2, 0.25) is 0 Å². The van der Waals surface area contributed by atoms with Gasteiger partial charge >= 0.3 is 4.87 Å². The lowest BCUT2D eigenvalue weighted by atomic mass is 9.84. The Hall–Kier alpha value is -4.82. The topological polar surface area (TPSA) is 165 Å². The van der Waals surface area contributed by atoms with E-state index in [1.807, 2.05) is 0 Å². The molecule has 0 saturated carbocycles. The molecule has 4 heterocycles. The van der Waals surface area contributed by atoms with E-state index in [9.17, 15) is 34.4 Å². The van der Waals surface area contributed by atoms with Crippen LogP contribution >= 0.6 is 23.1 Å². The Morgan fingerprint density at radius 1 is 1.05 bits per heavy atom. The van der Waals surface area contributed by atoms with Crippen molar-refractivity contribution in [2.75, 3.05) is 10.2 Å². The fraction of sp³-hybridized carbons (Fsp3) is 0.148. The number of rotatable bonds is 6. The molecular formula is C27H19N5O7S2. The number of phenols is 1. The molecule has 1 saturated heterocycles. The van der Waals surface area contributed by atoms with Crippen LogP contribution in [-0.4, -0.2) is 42.6 Å². The minimum Gasteiger partial charge on any atom is -0.508 e. The first kappa shape index (κ1) is 26.4. The SMILES string of the molecule is O=C(Cn1c2c(sc1=O)[C@H](c1cccnc1)C1C(=O)N(c3ccc([N+](=O)[O-])cc3)C(=O)C1S2)Nc1ccc(O)cc1. The van der Waals surface area contributed by atoms with Crippen molar-refractivity contribution in [2.24, 2.45) is 5.92 Å². The fourth-order valence-corrected chi connectivity index (χ4v) is 7.81. The highest BCUT2D eigenvalue weighted by Gasteiger charge is 2.57. The van der Waals surface area contributed by atoms with Gasteiger partial charge in [-0.05, 0) is 48.0 Å². The summed E-state index contributed by atoms with van der Waals surface area (Å²) >= 11 is 1.97. The minimum atomic E-state index is -0.907. The summed E-state index contributed by atoms with van der Waals surface area (Å²) in [4.78, 5) is 69.5. The van der Waals surface area contributed by atoms with E-state index in [-0.39, 0.29) is 23.7 Å². The molecule has 0 spiro atoms. The molecule has 3 amide bonds. The number of hydrogen-bond donors (Lipinski definition) is 2. The van der Waals surface area contributed by atoms with Crippen molar-refractivity contribution >= 4 is 57.9 Å². The molecule has 0 aliphatic carbocycles. The number of thioether (sulfide) groups is 1. The van der Waals surface area contributed by atoms with E-state index in [0.29, 0.717) is 21.2 Å². The van der Waals surface area contributed by atoms with Crippen LogP contribution in [0.5, 0.6) is 5.75 Å². The second-order valence-electron chi connectivity index (χ2n) is 9.33. The van der Waals surface area contributed by atoms with Crippen molar-refractivity contribution in [3.05, 3.63) is 103 Å². The van der Waals surface area contributed by atoms with Gasteiger partial charge in [0.05, 0.1) is 21.6 Å². The molecule has 0 radical (unpaired) electrons. The summed E-state index contributed by atoms with van der Waals surface area (Å²) < 4.78 is 1.30. The van der Waals surface area contributed by atoms with Crippen LogP contribution in [0.1, 0.15) is 16.4 Å². The Bertz CT molecular complexity index is 1750. The lowest BCUT2D eigenvalue weighted by molar-refractivity contribution is -0.384. The van der Waals surface area contributed by atoms with Crippen molar-refractivity contribution < 1.29 is 24.4 Å². The summed E-state index contributed by atoms with van der Waals surface area (Å²) in [6, 6.07) is 14.5. The van der Waals surface area contributed by atoms with Crippen molar-refractivity contribution in [3.8, 4) is 5.75 Å². The number of thiazole rings is 1. The molecule has 14 heteroatoms. The van der Waals surface area contributed by atoms with Crippen LogP contribution in [0.4, 0.5) is 17.1 Å². The number of phenolic OH excluding ortho intramolecular Hbond substituents is 1. The number of pyridine rings is 1. The minimum absolute atomic E-state index is 0.0390. The molecule has 2 aromatic carbocycles. The summed E-state index contributed by atoms with van der Waals surface area (Å²) in [5, 5.41) is 22.8. The van der Waals surface area contributed by atoms with E-state index in [1.54, 1.807) is 24.5 Å². The van der Waals surface area contributed by atoms with Gasteiger partial charge in [-0.3, -0.25) is 38.8 Å². The van der Waals surface area contributed by atoms with Gasteiger partial charge in [-0.2, -0.15) is 0 Å². The average molecular weight is 590 g/mol. The monoisotopic (exact) mass is 589 g/mol. The van der Waals surface area contributed by atoms with Gasteiger partial charge in [-0.25, -0.2) is 4.90 Å². The second-order valence-corrected chi connectivity index (χ2v) is 11.5. The number of fused-ring (bicyclic) bond motifs is 2. The number of amides is 3.